The van der Waals surface area contributed by atoms with Crippen molar-refractivity contribution < 1.29 is 20.4 Å². The molecule has 0 saturated carbocycles. The van der Waals surface area contributed by atoms with Crippen molar-refractivity contribution in [1.82, 2.24) is 0 Å². The Kier molecular flexibility index (Phi) is 64.6. The Morgan fingerprint density at radius 1 is 0.773 bits per heavy atom. The van der Waals surface area contributed by atoms with Gasteiger partial charge in [-0.25, -0.2) is 0 Å². The molecule has 0 radical (unpaired) electrons. The molecule has 22 heavy (non-hydrogen) atoms. The van der Waals surface area contributed by atoms with Gasteiger partial charge in [0.25, 0.3) is 0 Å². The van der Waals surface area contributed by atoms with Crippen molar-refractivity contribution in [2.24, 2.45) is 0 Å². The van der Waals surface area contributed by atoms with E-state index < -0.39 is 0 Å². The minimum Gasteiger partial charge on any atom is -0.668 e. The summed E-state index contributed by atoms with van der Waals surface area (Å²) in [6, 6.07) is 0. The largest absolute Gasteiger partial charge is 0.668 e. The minimum absolute atomic E-state index is 1.23. The van der Waals surface area contributed by atoms with Gasteiger partial charge in [0.15, 0.2) is 0 Å². The molecule has 4 heteroatoms. The van der Waals surface area contributed by atoms with Crippen molar-refractivity contribution in [3.05, 3.63) is 62.4 Å². The molecule has 0 aromatic rings. The third kappa shape index (κ3) is 92.0. The fourth-order valence-electron chi connectivity index (χ4n) is 0.346. The summed E-state index contributed by atoms with van der Waals surface area (Å²) in [7, 11) is 10.5. The molecule has 0 N–H and O–H groups in total. The van der Waals surface area contributed by atoms with Gasteiger partial charge in [0.05, 0.1) is 0 Å². The van der Waals surface area contributed by atoms with E-state index in [2.05, 4.69) is 41.6 Å². The van der Waals surface area contributed by atoms with E-state index in [4.69, 9.17) is 0 Å². The van der Waals surface area contributed by atoms with Crippen LogP contribution in [0.25, 0.3) is 16.0 Å². The van der Waals surface area contributed by atoms with Gasteiger partial charge in [-0.3, -0.25) is 0 Å². The van der Waals surface area contributed by atoms with Crippen molar-refractivity contribution >= 4 is 0 Å². The molecule has 0 aliphatic rings. The van der Waals surface area contributed by atoms with Gasteiger partial charge < -0.3 is 16.0 Å². The first kappa shape index (κ1) is 33.2. The van der Waals surface area contributed by atoms with Crippen LogP contribution in [-0.2, 0) is 20.4 Å². The van der Waals surface area contributed by atoms with Crippen molar-refractivity contribution in [2.75, 3.05) is 42.3 Å². The van der Waals surface area contributed by atoms with Gasteiger partial charge in [0, 0.05) is 0 Å². The molecule has 0 aliphatic carbocycles. The SMILES string of the molecule is C=CC(C)=CC.CC=C(C)C=[CH][Ti+3].C[N-]C.C[N-]C.C[N-]C. The van der Waals surface area contributed by atoms with E-state index in [0.29, 0.717) is 0 Å². The molecule has 0 spiro atoms. The zero-order chi connectivity index (χ0) is 18.8. The number of hydrogen-bond acceptors (Lipinski definition) is 0. The first-order valence-electron chi connectivity index (χ1n) is 7.02. The molecule has 0 aliphatic heterocycles. The summed E-state index contributed by atoms with van der Waals surface area (Å²) < 4.78 is 2.04. The van der Waals surface area contributed by atoms with Gasteiger partial charge in [-0.1, -0.05) is 24.3 Å². The molecule has 0 rings (SSSR count). The summed E-state index contributed by atoms with van der Waals surface area (Å²) in [5.74, 6) is 0. The Hall–Kier alpha value is -0.446. The van der Waals surface area contributed by atoms with Crippen LogP contribution >= 0.6 is 0 Å². The van der Waals surface area contributed by atoms with E-state index in [0.717, 1.165) is 0 Å². The molecule has 0 atom stereocenters. The molecule has 0 heterocycles. The Bertz CT molecular complexity index is 252. The molecule has 0 amide bonds. The maximum Gasteiger partial charge on any atom is -0.162 e. The van der Waals surface area contributed by atoms with Crippen LogP contribution in [-0.4, -0.2) is 42.3 Å². The third-order valence-electron chi connectivity index (χ3n) is 1.58. The van der Waals surface area contributed by atoms with Gasteiger partial charge in [-0.05, 0) is 13.8 Å². The van der Waals surface area contributed by atoms with Gasteiger partial charge in [-0.2, -0.15) is 42.3 Å². The first-order chi connectivity index (χ1) is 10.4. The van der Waals surface area contributed by atoms with Gasteiger partial charge in [0.1, 0.15) is 0 Å². The van der Waals surface area contributed by atoms with Crippen LogP contribution in [0.4, 0.5) is 0 Å². The molecule has 0 unspecified atom stereocenters. The predicted molar refractivity (Wildman–Crippen MR) is 104 cm³/mol. The number of rotatable bonds is 2. The van der Waals surface area contributed by atoms with Crippen molar-refractivity contribution in [1.29, 1.82) is 0 Å². The second-order valence-electron chi connectivity index (χ2n) is 3.94. The molecule has 0 aromatic carbocycles. The van der Waals surface area contributed by atoms with Crippen LogP contribution < -0.4 is 0 Å². The third-order valence-corrected chi connectivity index (χ3v) is 1.84. The van der Waals surface area contributed by atoms with Crippen LogP contribution in [0.3, 0.4) is 0 Å². The Morgan fingerprint density at radius 3 is 1.09 bits per heavy atom. The van der Waals surface area contributed by atoms with Gasteiger partial charge in [-0.15, -0.1) is 0 Å². The maximum absolute atomic E-state index is 3.56. The number of nitrogens with zero attached hydrogens (tertiary/aromatic N) is 3. The van der Waals surface area contributed by atoms with Gasteiger partial charge in [0.2, 0.25) is 0 Å². The summed E-state index contributed by atoms with van der Waals surface area (Å²) in [5, 5.41) is 10.5. The normalized spacial score (nSPS) is 9.82. The summed E-state index contributed by atoms with van der Waals surface area (Å²) >= 11 is 2.02. The monoisotopic (exact) mass is 343 g/mol. The van der Waals surface area contributed by atoms with Crippen LogP contribution in [0.1, 0.15) is 27.7 Å². The zero-order valence-electron chi connectivity index (χ0n) is 16.4. The zero-order valence-corrected chi connectivity index (χ0v) is 18.0. The fourth-order valence-corrected chi connectivity index (χ4v) is 0.756. The molecular weight excluding hydrogens is 306 g/mol. The van der Waals surface area contributed by atoms with Crippen LogP contribution in [0.2, 0.25) is 0 Å². The molecule has 0 fully saturated rings. The molecule has 0 saturated heterocycles. The number of allylic oxidation sites excluding steroid dienone is 6. The van der Waals surface area contributed by atoms with E-state index in [1.54, 1.807) is 42.3 Å². The molecule has 3 nitrogen and oxygen atoms in total. The molecule has 0 bridgehead atoms. The van der Waals surface area contributed by atoms with E-state index in [1.165, 1.54) is 11.1 Å². The Morgan fingerprint density at radius 2 is 1.05 bits per heavy atom. The maximum atomic E-state index is 3.56. The summed E-state index contributed by atoms with van der Waals surface area (Å²) in [6.07, 6.45) is 8.02. The van der Waals surface area contributed by atoms with Gasteiger partial charge >= 0.3 is 56.4 Å². The quantitative estimate of drug-likeness (QED) is 0.435. The molecule has 128 valence electrons. The van der Waals surface area contributed by atoms with Crippen molar-refractivity contribution in [3.63, 3.8) is 0 Å². The molecular formula is C18H37N3Ti. The standard InChI is InChI=1S/C6H10.C6H9.3C2H6N.Ti/c2*1-4-6(3)5-2;3*1-3-2;/h4-5H,1H2,2-3H3;1,4-5H,2-3H3;3*1-2H3;/q;;3*-1;+3. The summed E-state index contributed by atoms with van der Waals surface area (Å²) in [4.78, 5) is 0. The first-order valence-corrected chi connectivity index (χ1v) is 7.92. The van der Waals surface area contributed by atoms with Crippen LogP contribution in [0.15, 0.2) is 46.4 Å². The average Bonchev–Trinajstić information content (AvgIpc) is 2.49. The summed E-state index contributed by atoms with van der Waals surface area (Å²) in [5.41, 5.74) is 2.55. The summed E-state index contributed by atoms with van der Waals surface area (Å²) in [6.45, 7) is 11.7. The van der Waals surface area contributed by atoms with E-state index in [9.17, 15) is 0 Å². The Balaban J connectivity index is -0.0000000583. The van der Waals surface area contributed by atoms with E-state index in [-0.39, 0.29) is 0 Å². The topological polar surface area (TPSA) is 42.3 Å². The molecule has 0 aromatic heterocycles. The van der Waals surface area contributed by atoms with Crippen molar-refractivity contribution in [3.8, 4) is 0 Å². The number of hydrogen-bond donors (Lipinski definition) is 0. The smallest absolute Gasteiger partial charge is 0.162 e. The van der Waals surface area contributed by atoms with E-state index in [1.807, 2.05) is 57.7 Å². The Labute approximate surface area is 152 Å². The second-order valence-corrected chi connectivity index (χ2v) is 4.47. The van der Waals surface area contributed by atoms with Crippen LogP contribution in [0.5, 0.6) is 0 Å². The average molecular weight is 343 g/mol. The van der Waals surface area contributed by atoms with Crippen molar-refractivity contribution in [2.45, 2.75) is 27.7 Å². The fraction of sp³-hybridized carbons (Fsp3) is 0.556. The minimum atomic E-state index is 1.23. The van der Waals surface area contributed by atoms with E-state index >= 15 is 0 Å². The van der Waals surface area contributed by atoms with Crippen LogP contribution in [0, 0.1) is 0 Å². The predicted octanol–water partition coefficient (Wildman–Crippen LogP) is 6.01. The second kappa shape index (κ2) is 42.8.